The first-order valence-corrected chi connectivity index (χ1v) is 13.0. The van der Waals surface area contributed by atoms with E-state index in [4.69, 9.17) is 9.47 Å². The Morgan fingerprint density at radius 3 is 2.64 bits per heavy atom. The first-order valence-electron chi connectivity index (χ1n) is 10.7. The highest BCUT2D eigenvalue weighted by Gasteiger charge is 2.36. The van der Waals surface area contributed by atoms with Crippen molar-refractivity contribution in [1.82, 2.24) is 9.29 Å². The quantitative estimate of drug-likeness (QED) is 0.482. The minimum atomic E-state index is -3.71. The number of sulfonamides is 1. The highest BCUT2D eigenvalue weighted by Crippen LogP contribution is 2.32. The monoisotopic (exact) mass is 489 g/mol. The number of carbonyl (C=O) groups excluding carboxylic acids is 1. The number of fused-ring (bicyclic) bond motifs is 1. The predicted octanol–water partition coefficient (Wildman–Crippen LogP) is 3.39. The van der Waals surface area contributed by atoms with Crippen LogP contribution in [0.15, 0.2) is 53.4 Å². The smallest absolute Gasteiger partial charge is 0.243 e. The minimum absolute atomic E-state index is 0.124. The van der Waals surface area contributed by atoms with Crippen molar-refractivity contribution in [3.05, 3.63) is 48.5 Å². The lowest BCUT2D eigenvalue weighted by Crippen LogP contribution is -2.47. The van der Waals surface area contributed by atoms with Crippen molar-refractivity contribution >= 4 is 42.6 Å². The number of piperidine rings is 1. The average molecular weight is 490 g/mol. The Labute approximate surface area is 197 Å². The SMILES string of the molecule is COCCN(C(=O)C1CCCN(S(=O)(=O)c2ccc(OC)cc2)C1)c1nc2ccccc2s1. The van der Waals surface area contributed by atoms with Gasteiger partial charge in [0, 0.05) is 20.2 Å². The predicted molar refractivity (Wildman–Crippen MR) is 128 cm³/mol. The van der Waals surface area contributed by atoms with E-state index >= 15 is 0 Å². The molecule has 0 saturated carbocycles. The van der Waals surface area contributed by atoms with Gasteiger partial charge in [0.1, 0.15) is 5.75 Å². The van der Waals surface area contributed by atoms with Crippen LogP contribution in [0.5, 0.6) is 5.75 Å². The van der Waals surface area contributed by atoms with E-state index in [1.807, 2.05) is 24.3 Å². The van der Waals surface area contributed by atoms with E-state index < -0.39 is 15.9 Å². The molecule has 1 amide bonds. The van der Waals surface area contributed by atoms with Crippen LogP contribution in [-0.4, -0.2) is 64.1 Å². The maximum atomic E-state index is 13.6. The van der Waals surface area contributed by atoms with Crippen molar-refractivity contribution in [2.75, 3.05) is 45.4 Å². The maximum absolute atomic E-state index is 13.6. The van der Waals surface area contributed by atoms with E-state index in [0.717, 1.165) is 10.2 Å². The van der Waals surface area contributed by atoms with Crippen molar-refractivity contribution in [2.45, 2.75) is 17.7 Å². The fourth-order valence-corrected chi connectivity index (χ4v) is 6.46. The minimum Gasteiger partial charge on any atom is -0.497 e. The van der Waals surface area contributed by atoms with Crippen molar-refractivity contribution < 1.29 is 22.7 Å². The van der Waals surface area contributed by atoms with Crippen molar-refractivity contribution in [1.29, 1.82) is 0 Å². The third kappa shape index (κ3) is 5.03. The van der Waals surface area contributed by atoms with Gasteiger partial charge in [0.25, 0.3) is 0 Å². The number of rotatable bonds is 8. The summed E-state index contributed by atoms with van der Waals surface area (Å²) in [6.45, 7) is 1.25. The number of hydrogen-bond acceptors (Lipinski definition) is 7. The third-order valence-electron chi connectivity index (χ3n) is 5.73. The van der Waals surface area contributed by atoms with Gasteiger partial charge in [-0.1, -0.05) is 23.5 Å². The second-order valence-corrected chi connectivity index (χ2v) is 10.8. The largest absolute Gasteiger partial charge is 0.497 e. The average Bonchev–Trinajstić information content (AvgIpc) is 3.28. The zero-order valence-electron chi connectivity index (χ0n) is 18.6. The molecule has 1 unspecified atom stereocenters. The topological polar surface area (TPSA) is 89.0 Å². The molecule has 10 heteroatoms. The molecule has 0 aliphatic carbocycles. The summed E-state index contributed by atoms with van der Waals surface area (Å²) in [5.74, 6) is 0.0154. The maximum Gasteiger partial charge on any atom is 0.243 e. The Balaban J connectivity index is 1.56. The van der Waals surface area contributed by atoms with Crippen LogP contribution in [0, 0.1) is 5.92 Å². The fraction of sp³-hybridized carbons (Fsp3) is 0.391. The van der Waals surface area contributed by atoms with E-state index in [1.165, 1.54) is 34.9 Å². The number of para-hydroxylation sites is 1. The number of hydrogen-bond donors (Lipinski definition) is 0. The first kappa shape index (κ1) is 23.6. The van der Waals surface area contributed by atoms with Gasteiger partial charge in [-0.05, 0) is 49.2 Å². The van der Waals surface area contributed by atoms with Gasteiger partial charge in [0.15, 0.2) is 5.13 Å². The Morgan fingerprint density at radius 2 is 1.94 bits per heavy atom. The Morgan fingerprint density at radius 1 is 1.18 bits per heavy atom. The summed E-state index contributed by atoms with van der Waals surface area (Å²) in [5, 5.41) is 0.605. The van der Waals surface area contributed by atoms with E-state index in [9.17, 15) is 13.2 Å². The number of nitrogens with zero attached hydrogens (tertiary/aromatic N) is 3. The molecule has 2 aromatic carbocycles. The number of ether oxygens (including phenoxy) is 2. The summed E-state index contributed by atoms with van der Waals surface area (Å²) in [5.41, 5.74) is 0.833. The number of aromatic nitrogens is 1. The molecular formula is C23H27N3O5S2. The lowest BCUT2D eigenvalue weighted by molar-refractivity contribution is -0.123. The molecule has 1 aromatic heterocycles. The van der Waals surface area contributed by atoms with Crippen molar-refractivity contribution in [3.8, 4) is 5.75 Å². The highest BCUT2D eigenvalue weighted by atomic mass is 32.2. The van der Waals surface area contributed by atoms with Crippen LogP contribution < -0.4 is 9.64 Å². The van der Waals surface area contributed by atoms with Crippen LogP contribution in [0.4, 0.5) is 5.13 Å². The van der Waals surface area contributed by atoms with Gasteiger partial charge >= 0.3 is 0 Å². The third-order valence-corrected chi connectivity index (χ3v) is 8.67. The summed E-state index contributed by atoms with van der Waals surface area (Å²) in [7, 11) is -0.591. The summed E-state index contributed by atoms with van der Waals surface area (Å²) in [4.78, 5) is 20.0. The molecule has 1 aliphatic heterocycles. The Kier molecular flexibility index (Phi) is 7.28. The molecule has 1 saturated heterocycles. The molecule has 0 spiro atoms. The molecule has 0 bridgehead atoms. The summed E-state index contributed by atoms with van der Waals surface area (Å²) in [6, 6.07) is 14.1. The Hall–Kier alpha value is -2.53. The molecule has 8 nitrogen and oxygen atoms in total. The Bertz CT molecular complexity index is 1180. The molecule has 2 heterocycles. The summed E-state index contributed by atoms with van der Waals surface area (Å²) < 4.78 is 39.2. The van der Waals surface area contributed by atoms with Gasteiger partial charge in [0.2, 0.25) is 15.9 Å². The molecule has 33 heavy (non-hydrogen) atoms. The van der Waals surface area contributed by atoms with Crippen LogP contribution in [-0.2, 0) is 19.6 Å². The molecule has 4 rings (SSSR count). The number of thiazole rings is 1. The van der Waals surface area contributed by atoms with Gasteiger partial charge in [-0.2, -0.15) is 4.31 Å². The van der Waals surface area contributed by atoms with E-state index in [-0.39, 0.29) is 17.3 Å². The zero-order valence-corrected chi connectivity index (χ0v) is 20.3. The lowest BCUT2D eigenvalue weighted by Gasteiger charge is -2.33. The van der Waals surface area contributed by atoms with E-state index in [1.54, 1.807) is 24.1 Å². The normalized spacial score (nSPS) is 17.2. The second kappa shape index (κ2) is 10.2. The molecule has 1 fully saturated rings. The number of methoxy groups -OCH3 is 2. The van der Waals surface area contributed by atoms with Crippen molar-refractivity contribution in [2.24, 2.45) is 5.92 Å². The second-order valence-electron chi connectivity index (χ2n) is 7.82. The summed E-state index contributed by atoms with van der Waals surface area (Å²) >= 11 is 1.45. The van der Waals surface area contributed by atoms with Crippen LogP contribution in [0.25, 0.3) is 10.2 Å². The number of amides is 1. The van der Waals surface area contributed by atoms with Crippen LogP contribution in [0.3, 0.4) is 0 Å². The van der Waals surface area contributed by atoms with Crippen LogP contribution in [0.1, 0.15) is 12.8 Å². The standard InChI is InChI=1S/C23H27N3O5S2/c1-30-15-14-26(23-24-20-7-3-4-8-21(20)32-23)22(27)17-6-5-13-25(16-17)33(28,29)19-11-9-18(31-2)10-12-19/h3-4,7-12,17H,5-6,13-16H2,1-2H3. The lowest BCUT2D eigenvalue weighted by atomic mass is 9.98. The number of anilines is 1. The highest BCUT2D eigenvalue weighted by molar-refractivity contribution is 7.89. The van der Waals surface area contributed by atoms with E-state index in [0.29, 0.717) is 43.4 Å². The molecule has 3 aromatic rings. The van der Waals surface area contributed by atoms with Crippen molar-refractivity contribution in [3.63, 3.8) is 0 Å². The van der Waals surface area contributed by atoms with Gasteiger partial charge in [-0.25, -0.2) is 13.4 Å². The van der Waals surface area contributed by atoms with Gasteiger partial charge in [0.05, 0.1) is 41.3 Å². The molecule has 176 valence electrons. The molecule has 0 N–H and O–H groups in total. The first-order chi connectivity index (χ1) is 15.9. The van der Waals surface area contributed by atoms with Gasteiger partial charge in [-0.3, -0.25) is 9.69 Å². The molecule has 1 atom stereocenters. The molecular weight excluding hydrogens is 462 g/mol. The van der Waals surface area contributed by atoms with E-state index in [2.05, 4.69) is 4.98 Å². The molecule has 1 aliphatic rings. The van der Waals surface area contributed by atoms with Crippen LogP contribution >= 0.6 is 11.3 Å². The number of benzene rings is 2. The summed E-state index contributed by atoms with van der Waals surface area (Å²) in [6.07, 6.45) is 1.24. The number of carbonyl (C=O) groups is 1. The van der Waals surface area contributed by atoms with Gasteiger partial charge < -0.3 is 9.47 Å². The fourth-order valence-electron chi connectivity index (χ4n) is 3.94. The van der Waals surface area contributed by atoms with Crippen LogP contribution in [0.2, 0.25) is 0 Å². The molecule has 0 radical (unpaired) electrons. The van der Waals surface area contributed by atoms with Gasteiger partial charge in [-0.15, -0.1) is 0 Å². The zero-order chi connectivity index (χ0) is 23.4.